The number of rotatable bonds is 3. The van der Waals surface area contributed by atoms with Crippen LogP contribution in [0, 0.1) is 0 Å². The lowest BCUT2D eigenvalue weighted by molar-refractivity contribution is -0.145. The zero-order chi connectivity index (χ0) is 13.3. The highest BCUT2D eigenvalue weighted by molar-refractivity contribution is 5.78. The quantitative estimate of drug-likeness (QED) is 0.782. The number of nitrogens with two attached hydrogens (primary N) is 1. The molecule has 1 saturated heterocycles. The van der Waals surface area contributed by atoms with E-state index in [0.717, 1.165) is 25.9 Å². The lowest BCUT2D eigenvalue weighted by Crippen LogP contribution is -2.57. The highest BCUT2D eigenvalue weighted by atomic mass is 16.5. The van der Waals surface area contributed by atoms with E-state index >= 15 is 0 Å². The van der Waals surface area contributed by atoms with Gasteiger partial charge in [-0.2, -0.15) is 0 Å². The van der Waals surface area contributed by atoms with Crippen LogP contribution >= 0.6 is 0 Å². The van der Waals surface area contributed by atoms with Crippen molar-refractivity contribution in [3.05, 3.63) is 0 Å². The molecule has 2 fully saturated rings. The molecule has 0 bridgehead atoms. The smallest absolute Gasteiger partial charge is 0.323 e. The predicted molar refractivity (Wildman–Crippen MR) is 68.4 cm³/mol. The van der Waals surface area contributed by atoms with Crippen LogP contribution < -0.4 is 5.73 Å². The SMILES string of the molecule is CC1OCCC1N(C)C1CCCC(N)(C(=O)O)C1. The third kappa shape index (κ3) is 2.53. The number of hydrogen-bond acceptors (Lipinski definition) is 4. The monoisotopic (exact) mass is 256 g/mol. The van der Waals surface area contributed by atoms with Crippen molar-refractivity contribution in [1.82, 2.24) is 4.90 Å². The summed E-state index contributed by atoms with van der Waals surface area (Å²) >= 11 is 0. The standard InChI is InChI=1S/C13H24N2O3/c1-9-11(5-7-18-9)15(2)10-4-3-6-13(14,8-10)12(16)17/h9-11H,3-8,14H2,1-2H3,(H,16,17). The van der Waals surface area contributed by atoms with Crippen molar-refractivity contribution >= 4 is 5.97 Å². The molecule has 5 heteroatoms. The maximum atomic E-state index is 11.3. The fourth-order valence-electron chi connectivity index (χ4n) is 3.35. The number of carboxylic acids is 1. The molecule has 4 atom stereocenters. The van der Waals surface area contributed by atoms with Gasteiger partial charge >= 0.3 is 5.97 Å². The zero-order valence-corrected chi connectivity index (χ0v) is 11.3. The lowest BCUT2D eigenvalue weighted by atomic mass is 9.79. The largest absolute Gasteiger partial charge is 0.480 e. The summed E-state index contributed by atoms with van der Waals surface area (Å²) in [4.78, 5) is 13.6. The van der Waals surface area contributed by atoms with Gasteiger partial charge in [-0.3, -0.25) is 9.69 Å². The van der Waals surface area contributed by atoms with Crippen molar-refractivity contribution in [2.75, 3.05) is 13.7 Å². The van der Waals surface area contributed by atoms with Gasteiger partial charge in [0.15, 0.2) is 0 Å². The van der Waals surface area contributed by atoms with E-state index in [0.29, 0.717) is 18.9 Å². The fourth-order valence-corrected chi connectivity index (χ4v) is 3.35. The second-order valence-electron chi connectivity index (χ2n) is 5.81. The summed E-state index contributed by atoms with van der Waals surface area (Å²) in [5.74, 6) is -0.865. The lowest BCUT2D eigenvalue weighted by Gasteiger charge is -2.42. The predicted octanol–water partition coefficient (Wildman–Crippen LogP) is 0.820. The molecule has 0 spiro atoms. The van der Waals surface area contributed by atoms with Gasteiger partial charge in [0.05, 0.1) is 6.10 Å². The van der Waals surface area contributed by atoms with Crippen LogP contribution in [-0.4, -0.2) is 53.4 Å². The molecule has 1 heterocycles. The maximum Gasteiger partial charge on any atom is 0.323 e. The van der Waals surface area contributed by atoms with Gasteiger partial charge in [0.1, 0.15) is 5.54 Å². The normalized spacial score (nSPS) is 41.2. The van der Waals surface area contributed by atoms with Crippen LogP contribution in [0.5, 0.6) is 0 Å². The van der Waals surface area contributed by atoms with Gasteiger partial charge < -0.3 is 15.6 Å². The third-order valence-corrected chi connectivity index (χ3v) is 4.62. The van der Waals surface area contributed by atoms with Crippen molar-refractivity contribution in [3.8, 4) is 0 Å². The molecule has 4 unspecified atom stereocenters. The topological polar surface area (TPSA) is 75.8 Å². The molecule has 2 rings (SSSR count). The molecule has 104 valence electrons. The van der Waals surface area contributed by atoms with E-state index < -0.39 is 11.5 Å². The van der Waals surface area contributed by atoms with Gasteiger partial charge in [-0.15, -0.1) is 0 Å². The Bertz CT molecular complexity index is 323. The first-order chi connectivity index (χ1) is 8.44. The Morgan fingerprint density at radius 3 is 2.78 bits per heavy atom. The van der Waals surface area contributed by atoms with Crippen molar-refractivity contribution < 1.29 is 14.6 Å². The molecule has 0 aromatic rings. The average molecular weight is 256 g/mol. The van der Waals surface area contributed by atoms with Crippen molar-refractivity contribution in [2.24, 2.45) is 5.73 Å². The molecule has 0 radical (unpaired) electrons. The molecule has 5 nitrogen and oxygen atoms in total. The molecule has 3 N–H and O–H groups in total. The van der Waals surface area contributed by atoms with Gasteiger partial charge in [0, 0.05) is 18.7 Å². The summed E-state index contributed by atoms with van der Waals surface area (Å²) in [5.41, 5.74) is 4.96. The van der Waals surface area contributed by atoms with Crippen LogP contribution in [0.3, 0.4) is 0 Å². The molecule has 1 aliphatic carbocycles. The van der Waals surface area contributed by atoms with Crippen molar-refractivity contribution in [3.63, 3.8) is 0 Å². The fraction of sp³-hybridized carbons (Fsp3) is 0.923. The molecule has 18 heavy (non-hydrogen) atoms. The van der Waals surface area contributed by atoms with Crippen LogP contribution in [0.4, 0.5) is 0 Å². The maximum absolute atomic E-state index is 11.3. The van der Waals surface area contributed by atoms with Gasteiger partial charge in [0.2, 0.25) is 0 Å². The van der Waals surface area contributed by atoms with Crippen LogP contribution in [0.15, 0.2) is 0 Å². The molecule has 0 aromatic carbocycles. The van der Waals surface area contributed by atoms with E-state index in [-0.39, 0.29) is 12.1 Å². The number of ether oxygens (including phenoxy) is 1. The highest BCUT2D eigenvalue weighted by Crippen LogP contribution is 2.32. The van der Waals surface area contributed by atoms with Crippen LogP contribution in [-0.2, 0) is 9.53 Å². The first-order valence-electron chi connectivity index (χ1n) is 6.80. The summed E-state index contributed by atoms with van der Waals surface area (Å²) in [5, 5.41) is 9.25. The Labute approximate surface area is 108 Å². The second-order valence-corrected chi connectivity index (χ2v) is 5.81. The van der Waals surface area contributed by atoms with Crippen LogP contribution in [0.25, 0.3) is 0 Å². The van der Waals surface area contributed by atoms with E-state index in [1.807, 2.05) is 0 Å². The zero-order valence-electron chi connectivity index (χ0n) is 11.3. The molecular weight excluding hydrogens is 232 g/mol. The highest BCUT2D eigenvalue weighted by Gasteiger charge is 2.42. The summed E-state index contributed by atoms with van der Waals surface area (Å²) in [6, 6.07) is 0.653. The molecule has 1 aliphatic heterocycles. The Balaban J connectivity index is 2.02. The van der Waals surface area contributed by atoms with Gasteiger partial charge in [-0.25, -0.2) is 0 Å². The summed E-state index contributed by atoms with van der Waals surface area (Å²) in [6.45, 7) is 2.89. The van der Waals surface area contributed by atoms with Crippen LogP contribution in [0.2, 0.25) is 0 Å². The second kappa shape index (κ2) is 5.15. The molecule has 1 saturated carbocycles. The number of carboxylic acid groups (broad SMARTS) is 1. The number of carbonyl (C=O) groups is 1. The first-order valence-corrected chi connectivity index (χ1v) is 6.80. The van der Waals surface area contributed by atoms with Gasteiger partial charge in [-0.1, -0.05) is 0 Å². The summed E-state index contributed by atoms with van der Waals surface area (Å²) < 4.78 is 5.59. The van der Waals surface area contributed by atoms with E-state index in [9.17, 15) is 9.90 Å². The minimum atomic E-state index is -1.04. The van der Waals surface area contributed by atoms with E-state index in [4.69, 9.17) is 10.5 Å². The summed E-state index contributed by atoms with van der Waals surface area (Å²) in [6.07, 6.45) is 4.31. The third-order valence-electron chi connectivity index (χ3n) is 4.62. The Kier molecular flexibility index (Phi) is 3.94. The number of likely N-dealkylation sites (N-methyl/N-ethyl adjacent to an activating group) is 1. The molecule has 0 aromatic heterocycles. The van der Waals surface area contributed by atoms with Gasteiger partial charge in [-0.05, 0) is 46.1 Å². The number of aliphatic carboxylic acids is 1. The summed E-state index contributed by atoms with van der Waals surface area (Å²) in [7, 11) is 2.08. The molecule has 0 amide bonds. The van der Waals surface area contributed by atoms with E-state index in [1.165, 1.54) is 0 Å². The van der Waals surface area contributed by atoms with Crippen molar-refractivity contribution in [2.45, 2.75) is 62.8 Å². The molecular formula is C13H24N2O3. The number of nitrogens with zero attached hydrogens (tertiary/aromatic N) is 1. The van der Waals surface area contributed by atoms with Crippen LogP contribution in [0.1, 0.15) is 39.0 Å². The Hall–Kier alpha value is -0.650. The first kappa shape index (κ1) is 13.8. The minimum Gasteiger partial charge on any atom is -0.480 e. The number of hydrogen-bond donors (Lipinski definition) is 2. The minimum absolute atomic E-state index is 0.230. The van der Waals surface area contributed by atoms with Gasteiger partial charge in [0.25, 0.3) is 0 Å². The average Bonchev–Trinajstić information content (AvgIpc) is 2.74. The Morgan fingerprint density at radius 1 is 1.50 bits per heavy atom. The van der Waals surface area contributed by atoms with Crippen molar-refractivity contribution in [1.29, 1.82) is 0 Å². The van der Waals surface area contributed by atoms with E-state index in [2.05, 4.69) is 18.9 Å². The van der Waals surface area contributed by atoms with E-state index in [1.54, 1.807) is 0 Å². The Morgan fingerprint density at radius 2 is 2.22 bits per heavy atom. The molecule has 2 aliphatic rings.